The molecular formula is C12H21NO3. The summed E-state index contributed by atoms with van der Waals surface area (Å²) in [6.07, 6.45) is 4.01. The molecule has 0 spiro atoms. The maximum Gasteiger partial charge on any atom is 0.309 e. The second-order valence-electron chi connectivity index (χ2n) is 4.73. The van der Waals surface area contributed by atoms with Crippen molar-refractivity contribution in [3.8, 4) is 0 Å². The van der Waals surface area contributed by atoms with Crippen LogP contribution in [-0.2, 0) is 14.3 Å². The second kappa shape index (κ2) is 6.21. The Kier molecular flexibility index (Phi) is 4.60. The third kappa shape index (κ3) is 3.46. The van der Waals surface area contributed by atoms with E-state index >= 15 is 0 Å². The van der Waals surface area contributed by atoms with Gasteiger partial charge in [0, 0.05) is 25.7 Å². The van der Waals surface area contributed by atoms with Gasteiger partial charge in [0.1, 0.15) is 0 Å². The van der Waals surface area contributed by atoms with Crippen LogP contribution >= 0.6 is 0 Å². The van der Waals surface area contributed by atoms with E-state index in [0.29, 0.717) is 25.7 Å². The summed E-state index contributed by atoms with van der Waals surface area (Å²) in [6.45, 7) is 4.07. The second-order valence-corrected chi connectivity index (χ2v) is 4.73. The Labute approximate surface area is 96.7 Å². The van der Waals surface area contributed by atoms with Gasteiger partial charge < -0.3 is 14.8 Å². The molecule has 0 aromatic heterocycles. The molecule has 0 saturated carbocycles. The lowest BCUT2D eigenvalue weighted by Crippen LogP contribution is -2.34. The molecule has 16 heavy (non-hydrogen) atoms. The Morgan fingerprint density at radius 3 is 2.81 bits per heavy atom. The van der Waals surface area contributed by atoms with Crippen molar-refractivity contribution in [2.24, 2.45) is 11.8 Å². The van der Waals surface area contributed by atoms with Crippen LogP contribution in [0.2, 0.25) is 0 Å². The van der Waals surface area contributed by atoms with E-state index in [1.807, 2.05) is 0 Å². The number of piperidine rings is 1. The Bertz CT molecular complexity index is 220. The zero-order valence-electron chi connectivity index (χ0n) is 9.74. The van der Waals surface area contributed by atoms with Crippen molar-refractivity contribution in [3.63, 3.8) is 0 Å². The number of carbonyl (C=O) groups excluding carboxylic acids is 1. The first-order valence-electron chi connectivity index (χ1n) is 6.31. The van der Waals surface area contributed by atoms with Gasteiger partial charge in [-0.05, 0) is 32.2 Å². The first-order chi connectivity index (χ1) is 7.86. The van der Waals surface area contributed by atoms with Gasteiger partial charge in [-0.15, -0.1) is 0 Å². The lowest BCUT2D eigenvalue weighted by Gasteiger charge is -2.24. The maximum atomic E-state index is 11.7. The van der Waals surface area contributed by atoms with Crippen LogP contribution in [0.3, 0.4) is 0 Å². The van der Waals surface area contributed by atoms with Gasteiger partial charge in [-0.25, -0.2) is 0 Å². The topological polar surface area (TPSA) is 47.6 Å². The average Bonchev–Trinajstić information content (AvgIpc) is 2.38. The van der Waals surface area contributed by atoms with E-state index in [9.17, 15) is 4.79 Å². The summed E-state index contributed by atoms with van der Waals surface area (Å²) in [5, 5.41) is 3.33. The lowest BCUT2D eigenvalue weighted by molar-refractivity contribution is -0.153. The van der Waals surface area contributed by atoms with Gasteiger partial charge in [-0.2, -0.15) is 0 Å². The predicted octanol–water partition coefficient (Wildman–Crippen LogP) is 0.956. The SMILES string of the molecule is O=C(OC[C@H]1CCCNC1)C1CCOCC1. The van der Waals surface area contributed by atoms with Crippen molar-refractivity contribution in [2.75, 3.05) is 32.9 Å². The molecule has 0 amide bonds. The van der Waals surface area contributed by atoms with E-state index in [4.69, 9.17) is 9.47 Å². The summed E-state index contributed by atoms with van der Waals surface area (Å²) in [7, 11) is 0. The lowest BCUT2D eigenvalue weighted by atomic mass is 9.99. The van der Waals surface area contributed by atoms with Crippen LogP contribution in [0.4, 0.5) is 0 Å². The van der Waals surface area contributed by atoms with Crippen LogP contribution in [0.5, 0.6) is 0 Å². The monoisotopic (exact) mass is 227 g/mol. The predicted molar refractivity (Wildman–Crippen MR) is 60.1 cm³/mol. The van der Waals surface area contributed by atoms with E-state index in [1.54, 1.807) is 0 Å². The molecule has 2 fully saturated rings. The molecule has 92 valence electrons. The van der Waals surface area contributed by atoms with E-state index < -0.39 is 0 Å². The molecule has 0 unspecified atom stereocenters. The molecule has 1 atom stereocenters. The summed E-state index contributed by atoms with van der Waals surface area (Å²) in [6, 6.07) is 0. The molecule has 0 aromatic carbocycles. The van der Waals surface area contributed by atoms with Crippen LogP contribution in [-0.4, -0.2) is 38.9 Å². The largest absolute Gasteiger partial charge is 0.465 e. The van der Waals surface area contributed by atoms with Crippen molar-refractivity contribution < 1.29 is 14.3 Å². The first kappa shape index (κ1) is 11.9. The van der Waals surface area contributed by atoms with Crippen LogP contribution in [0.15, 0.2) is 0 Å². The van der Waals surface area contributed by atoms with Gasteiger partial charge in [-0.3, -0.25) is 4.79 Å². The summed E-state index contributed by atoms with van der Waals surface area (Å²) < 4.78 is 10.6. The Hall–Kier alpha value is -0.610. The average molecular weight is 227 g/mol. The molecule has 0 aromatic rings. The van der Waals surface area contributed by atoms with Crippen molar-refractivity contribution >= 4 is 5.97 Å². The van der Waals surface area contributed by atoms with Crippen LogP contribution in [0, 0.1) is 11.8 Å². The molecule has 1 N–H and O–H groups in total. The molecule has 4 heteroatoms. The molecular weight excluding hydrogens is 206 g/mol. The standard InChI is InChI=1S/C12H21NO3/c14-12(11-3-6-15-7-4-11)16-9-10-2-1-5-13-8-10/h10-11,13H,1-9H2/t10-/m0/s1. The zero-order chi connectivity index (χ0) is 11.2. The molecule has 2 saturated heterocycles. The summed E-state index contributed by atoms with van der Waals surface area (Å²) in [5.74, 6) is 0.566. The molecule has 0 bridgehead atoms. The fourth-order valence-corrected chi connectivity index (χ4v) is 2.32. The Balaban J connectivity index is 1.65. The summed E-state index contributed by atoms with van der Waals surface area (Å²) >= 11 is 0. The highest BCUT2D eigenvalue weighted by Crippen LogP contribution is 2.17. The van der Waals surface area contributed by atoms with Crippen LogP contribution < -0.4 is 5.32 Å². The highest BCUT2D eigenvalue weighted by Gasteiger charge is 2.24. The quantitative estimate of drug-likeness (QED) is 0.729. The zero-order valence-corrected chi connectivity index (χ0v) is 9.74. The fraction of sp³-hybridized carbons (Fsp3) is 0.917. The summed E-state index contributed by atoms with van der Waals surface area (Å²) in [5.41, 5.74) is 0. The number of rotatable bonds is 3. The van der Waals surface area contributed by atoms with E-state index in [-0.39, 0.29) is 11.9 Å². The number of ether oxygens (including phenoxy) is 2. The van der Waals surface area contributed by atoms with E-state index in [1.165, 1.54) is 12.8 Å². The van der Waals surface area contributed by atoms with Gasteiger partial charge in [-0.1, -0.05) is 0 Å². The first-order valence-corrected chi connectivity index (χ1v) is 6.31. The van der Waals surface area contributed by atoms with Crippen molar-refractivity contribution in [3.05, 3.63) is 0 Å². The Morgan fingerprint density at radius 1 is 1.31 bits per heavy atom. The number of nitrogens with one attached hydrogen (secondary N) is 1. The van der Waals surface area contributed by atoms with Gasteiger partial charge >= 0.3 is 5.97 Å². The number of hydrogen-bond acceptors (Lipinski definition) is 4. The molecule has 2 aliphatic rings. The molecule has 4 nitrogen and oxygen atoms in total. The van der Waals surface area contributed by atoms with Gasteiger partial charge in [0.25, 0.3) is 0 Å². The smallest absolute Gasteiger partial charge is 0.309 e. The fourth-order valence-electron chi connectivity index (χ4n) is 2.32. The minimum absolute atomic E-state index is 0.0196. The number of hydrogen-bond donors (Lipinski definition) is 1. The van der Waals surface area contributed by atoms with E-state index in [2.05, 4.69) is 5.32 Å². The number of esters is 1. The molecule has 0 radical (unpaired) electrons. The molecule has 2 rings (SSSR count). The normalized spacial score (nSPS) is 27.6. The van der Waals surface area contributed by atoms with Crippen LogP contribution in [0.25, 0.3) is 0 Å². The summed E-state index contributed by atoms with van der Waals surface area (Å²) in [4.78, 5) is 11.7. The molecule has 0 aliphatic carbocycles. The number of carbonyl (C=O) groups is 1. The highest BCUT2D eigenvalue weighted by atomic mass is 16.5. The van der Waals surface area contributed by atoms with E-state index in [0.717, 1.165) is 25.9 Å². The maximum absolute atomic E-state index is 11.7. The minimum Gasteiger partial charge on any atom is -0.465 e. The third-order valence-corrected chi connectivity index (χ3v) is 3.41. The van der Waals surface area contributed by atoms with Crippen molar-refractivity contribution in [1.82, 2.24) is 5.32 Å². The van der Waals surface area contributed by atoms with Gasteiger partial charge in [0.2, 0.25) is 0 Å². The highest BCUT2D eigenvalue weighted by molar-refractivity contribution is 5.72. The van der Waals surface area contributed by atoms with Gasteiger partial charge in [0.05, 0.1) is 12.5 Å². The van der Waals surface area contributed by atoms with Crippen molar-refractivity contribution in [2.45, 2.75) is 25.7 Å². The molecule has 2 aliphatic heterocycles. The Morgan fingerprint density at radius 2 is 2.12 bits per heavy atom. The third-order valence-electron chi connectivity index (χ3n) is 3.41. The molecule has 2 heterocycles. The minimum atomic E-state index is -0.0196. The van der Waals surface area contributed by atoms with Crippen LogP contribution in [0.1, 0.15) is 25.7 Å². The van der Waals surface area contributed by atoms with Crippen molar-refractivity contribution in [1.29, 1.82) is 0 Å². The van der Waals surface area contributed by atoms with Gasteiger partial charge in [0.15, 0.2) is 0 Å².